The SMILES string of the molecule is Nc1cc(C(=O)N2CCC3(CCCC3)CC2)ccc1F. The maximum absolute atomic E-state index is 13.2. The molecule has 0 aromatic heterocycles. The van der Waals surface area contributed by atoms with Crippen LogP contribution >= 0.6 is 0 Å². The second kappa shape index (κ2) is 5.08. The molecule has 3 rings (SSSR count). The van der Waals surface area contributed by atoms with Gasteiger partial charge >= 0.3 is 0 Å². The summed E-state index contributed by atoms with van der Waals surface area (Å²) in [6.45, 7) is 1.63. The predicted molar refractivity (Wildman–Crippen MR) is 76.9 cm³/mol. The highest BCUT2D eigenvalue weighted by Crippen LogP contribution is 2.46. The number of carbonyl (C=O) groups is 1. The Hall–Kier alpha value is -1.58. The molecule has 2 aliphatic rings. The zero-order valence-electron chi connectivity index (χ0n) is 11.7. The highest BCUT2D eigenvalue weighted by Gasteiger charge is 2.38. The number of likely N-dealkylation sites (tertiary alicyclic amines) is 1. The number of hydrogen-bond acceptors (Lipinski definition) is 2. The quantitative estimate of drug-likeness (QED) is 0.801. The van der Waals surface area contributed by atoms with Crippen molar-refractivity contribution in [2.75, 3.05) is 18.8 Å². The number of rotatable bonds is 1. The summed E-state index contributed by atoms with van der Waals surface area (Å²) in [6, 6.07) is 4.23. The Balaban J connectivity index is 1.68. The lowest BCUT2D eigenvalue weighted by molar-refractivity contribution is 0.0587. The molecule has 3 nitrogen and oxygen atoms in total. The number of piperidine rings is 1. The molecule has 1 aromatic carbocycles. The van der Waals surface area contributed by atoms with Crippen molar-refractivity contribution in [1.82, 2.24) is 4.90 Å². The number of nitrogen functional groups attached to an aromatic ring is 1. The fraction of sp³-hybridized carbons (Fsp3) is 0.562. The van der Waals surface area contributed by atoms with Crippen LogP contribution in [0.3, 0.4) is 0 Å². The molecule has 2 N–H and O–H groups in total. The van der Waals surface area contributed by atoms with Gasteiger partial charge in [-0.1, -0.05) is 12.8 Å². The number of nitrogens with two attached hydrogens (primary N) is 1. The van der Waals surface area contributed by atoms with Gasteiger partial charge in [-0.25, -0.2) is 4.39 Å². The first-order chi connectivity index (χ1) is 9.60. The molecule has 1 amide bonds. The minimum atomic E-state index is -0.467. The summed E-state index contributed by atoms with van der Waals surface area (Å²) in [5.74, 6) is -0.491. The largest absolute Gasteiger partial charge is 0.396 e. The molecule has 1 spiro atoms. The Morgan fingerprint density at radius 2 is 1.80 bits per heavy atom. The standard InChI is InChI=1S/C16H21FN2O/c17-13-4-3-12(11-14(13)18)15(20)19-9-7-16(8-10-19)5-1-2-6-16/h3-4,11H,1-2,5-10,18H2. The zero-order valence-corrected chi connectivity index (χ0v) is 11.7. The molecule has 2 fully saturated rings. The van der Waals surface area contributed by atoms with Crippen molar-refractivity contribution < 1.29 is 9.18 Å². The molecular formula is C16H21FN2O. The topological polar surface area (TPSA) is 46.3 Å². The second-order valence-electron chi connectivity index (χ2n) is 6.24. The summed E-state index contributed by atoms with van der Waals surface area (Å²) in [5, 5.41) is 0. The first-order valence-corrected chi connectivity index (χ1v) is 7.44. The smallest absolute Gasteiger partial charge is 0.253 e. The number of amides is 1. The van der Waals surface area contributed by atoms with Gasteiger partial charge in [0.2, 0.25) is 0 Å². The lowest BCUT2D eigenvalue weighted by atomic mass is 9.77. The third kappa shape index (κ3) is 2.39. The van der Waals surface area contributed by atoms with E-state index < -0.39 is 5.82 Å². The lowest BCUT2D eigenvalue weighted by Crippen LogP contribution is -2.42. The van der Waals surface area contributed by atoms with Gasteiger partial charge in [-0.05, 0) is 49.3 Å². The number of anilines is 1. The molecule has 0 bridgehead atoms. The first-order valence-electron chi connectivity index (χ1n) is 7.44. The molecule has 0 atom stereocenters. The van der Waals surface area contributed by atoms with Crippen molar-refractivity contribution in [2.45, 2.75) is 38.5 Å². The van der Waals surface area contributed by atoms with E-state index in [1.165, 1.54) is 43.9 Å². The average Bonchev–Trinajstić information content (AvgIpc) is 2.90. The van der Waals surface area contributed by atoms with Crippen LogP contribution in [0.15, 0.2) is 18.2 Å². The molecule has 1 aromatic rings. The Bertz CT molecular complexity index is 513. The number of benzene rings is 1. The van der Waals surface area contributed by atoms with E-state index in [4.69, 9.17) is 5.73 Å². The molecule has 0 unspecified atom stereocenters. The van der Waals surface area contributed by atoms with Crippen LogP contribution in [-0.2, 0) is 0 Å². The van der Waals surface area contributed by atoms with Crippen LogP contribution in [0.1, 0.15) is 48.9 Å². The zero-order chi connectivity index (χ0) is 14.2. The first kappa shape index (κ1) is 13.4. The van der Waals surface area contributed by atoms with E-state index in [1.54, 1.807) is 0 Å². The molecule has 20 heavy (non-hydrogen) atoms. The van der Waals surface area contributed by atoms with Gasteiger partial charge in [0.1, 0.15) is 5.82 Å². The van der Waals surface area contributed by atoms with Crippen molar-refractivity contribution in [3.63, 3.8) is 0 Å². The van der Waals surface area contributed by atoms with Crippen LogP contribution in [0.25, 0.3) is 0 Å². The van der Waals surface area contributed by atoms with Crippen LogP contribution in [-0.4, -0.2) is 23.9 Å². The molecule has 0 radical (unpaired) electrons. The maximum atomic E-state index is 13.2. The van der Waals surface area contributed by atoms with E-state index in [0.29, 0.717) is 11.0 Å². The molecule has 1 aliphatic heterocycles. The summed E-state index contributed by atoms with van der Waals surface area (Å²) in [7, 11) is 0. The van der Waals surface area contributed by atoms with Gasteiger partial charge in [-0.3, -0.25) is 4.79 Å². The normalized spacial score (nSPS) is 21.4. The van der Waals surface area contributed by atoms with Crippen molar-refractivity contribution in [3.8, 4) is 0 Å². The van der Waals surface area contributed by atoms with Gasteiger partial charge < -0.3 is 10.6 Å². The Morgan fingerprint density at radius 1 is 1.15 bits per heavy atom. The molecule has 1 heterocycles. The van der Waals surface area contributed by atoms with Gasteiger partial charge in [0.15, 0.2) is 0 Å². The van der Waals surface area contributed by atoms with Gasteiger partial charge in [-0.2, -0.15) is 0 Å². The van der Waals surface area contributed by atoms with Crippen LogP contribution < -0.4 is 5.73 Å². The van der Waals surface area contributed by atoms with Crippen molar-refractivity contribution in [2.24, 2.45) is 5.41 Å². The summed E-state index contributed by atoms with van der Waals surface area (Å²) in [6.07, 6.45) is 7.52. The van der Waals surface area contributed by atoms with E-state index in [-0.39, 0.29) is 11.6 Å². The summed E-state index contributed by atoms with van der Waals surface area (Å²) in [4.78, 5) is 14.3. The average molecular weight is 276 g/mol. The molecule has 1 saturated heterocycles. The predicted octanol–water partition coefficient (Wildman–Crippen LogP) is 3.20. The Labute approximate surface area is 118 Å². The number of halogens is 1. The fourth-order valence-corrected chi connectivity index (χ4v) is 3.67. The van der Waals surface area contributed by atoms with Crippen molar-refractivity contribution >= 4 is 11.6 Å². The van der Waals surface area contributed by atoms with Crippen molar-refractivity contribution in [1.29, 1.82) is 0 Å². The fourth-order valence-electron chi connectivity index (χ4n) is 3.67. The van der Waals surface area contributed by atoms with Crippen LogP contribution in [0.2, 0.25) is 0 Å². The number of nitrogens with zero attached hydrogens (tertiary/aromatic N) is 1. The molecule has 4 heteroatoms. The highest BCUT2D eigenvalue weighted by atomic mass is 19.1. The van der Waals surface area contributed by atoms with E-state index in [9.17, 15) is 9.18 Å². The summed E-state index contributed by atoms with van der Waals surface area (Å²) >= 11 is 0. The van der Waals surface area contributed by atoms with E-state index in [2.05, 4.69) is 0 Å². The monoisotopic (exact) mass is 276 g/mol. The molecule has 1 saturated carbocycles. The Kier molecular flexibility index (Phi) is 3.40. The van der Waals surface area contributed by atoms with Crippen LogP contribution in [0, 0.1) is 11.2 Å². The third-order valence-corrected chi connectivity index (χ3v) is 5.02. The van der Waals surface area contributed by atoms with Gasteiger partial charge in [0, 0.05) is 18.7 Å². The summed E-state index contributed by atoms with van der Waals surface area (Å²) in [5.41, 5.74) is 6.57. The van der Waals surface area contributed by atoms with Gasteiger partial charge in [0.25, 0.3) is 5.91 Å². The van der Waals surface area contributed by atoms with Gasteiger partial charge in [0.05, 0.1) is 5.69 Å². The van der Waals surface area contributed by atoms with E-state index >= 15 is 0 Å². The minimum Gasteiger partial charge on any atom is -0.396 e. The molecule has 108 valence electrons. The van der Waals surface area contributed by atoms with Crippen LogP contribution in [0.4, 0.5) is 10.1 Å². The van der Waals surface area contributed by atoms with Gasteiger partial charge in [-0.15, -0.1) is 0 Å². The second-order valence-corrected chi connectivity index (χ2v) is 6.24. The van der Waals surface area contributed by atoms with E-state index in [1.807, 2.05) is 4.90 Å². The van der Waals surface area contributed by atoms with Crippen molar-refractivity contribution in [3.05, 3.63) is 29.6 Å². The minimum absolute atomic E-state index is 0.0236. The number of hydrogen-bond donors (Lipinski definition) is 1. The Morgan fingerprint density at radius 3 is 2.40 bits per heavy atom. The van der Waals surface area contributed by atoms with E-state index in [0.717, 1.165) is 25.9 Å². The van der Waals surface area contributed by atoms with Crippen LogP contribution in [0.5, 0.6) is 0 Å². The third-order valence-electron chi connectivity index (χ3n) is 5.02. The highest BCUT2D eigenvalue weighted by molar-refractivity contribution is 5.95. The maximum Gasteiger partial charge on any atom is 0.253 e. The molecule has 1 aliphatic carbocycles. The summed E-state index contributed by atoms with van der Waals surface area (Å²) < 4.78 is 13.2. The lowest BCUT2D eigenvalue weighted by Gasteiger charge is -2.39. The molecular weight excluding hydrogens is 255 g/mol. The number of carbonyl (C=O) groups excluding carboxylic acids is 1.